The summed E-state index contributed by atoms with van der Waals surface area (Å²) < 4.78 is 1.08. The van der Waals surface area contributed by atoms with Gasteiger partial charge >= 0.3 is 0 Å². The summed E-state index contributed by atoms with van der Waals surface area (Å²) in [6.45, 7) is 0. The molecule has 0 aliphatic carbocycles. The van der Waals surface area contributed by atoms with Gasteiger partial charge in [0.15, 0.2) is 0 Å². The largest absolute Gasteiger partial charge is 0.0837 e. The summed E-state index contributed by atoms with van der Waals surface area (Å²) in [6, 6.07) is 16.8. The molecule has 0 unspecified atom stereocenters. The second kappa shape index (κ2) is 4.16. The SMILES string of the molecule is Clc1[c]cc(-c2ccc(Br)cc2)cc1. The molecule has 2 rings (SSSR count). The predicted molar refractivity (Wildman–Crippen MR) is 63.4 cm³/mol. The van der Waals surface area contributed by atoms with Gasteiger partial charge in [0.05, 0.1) is 0 Å². The number of halogens is 2. The molecule has 0 fully saturated rings. The van der Waals surface area contributed by atoms with E-state index in [2.05, 4.69) is 34.1 Å². The van der Waals surface area contributed by atoms with Crippen molar-refractivity contribution < 1.29 is 0 Å². The summed E-state index contributed by atoms with van der Waals surface area (Å²) in [7, 11) is 0. The van der Waals surface area contributed by atoms with Gasteiger partial charge in [0.2, 0.25) is 0 Å². The zero-order valence-corrected chi connectivity index (χ0v) is 9.64. The van der Waals surface area contributed by atoms with Crippen LogP contribution in [-0.2, 0) is 0 Å². The van der Waals surface area contributed by atoms with Crippen LogP contribution < -0.4 is 0 Å². The Bertz CT molecular complexity index is 374. The minimum absolute atomic E-state index is 0.644. The van der Waals surface area contributed by atoms with Gasteiger partial charge in [-0.1, -0.05) is 45.7 Å². The fourth-order valence-corrected chi connectivity index (χ4v) is 1.61. The molecule has 0 aliphatic heterocycles. The first-order valence-electron chi connectivity index (χ1n) is 4.19. The quantitative estimate of drug-likeness (QED) is 0.709. The average Bonchev–Trinajstić information content (AvgIpc) is 2.21. The Hall–Kier alpha value is -0.790. The van der Waals surface area contributed by atoms with E-state index in [0.29, 0.717) is 5.02 Å². The van der Waals surface area contributed by atoms with Crippen molar-refractivity contribution in [3.8, 4) is 11.1 Å². The zero-order valence-electron chi connectivity index (χ0n) is 7.30. The van der Waals surface area contributed by atoms with Crippen molar-refractivity contribution in [2.45, 2.75) is 0 Å². The summed E-state index contributed by atoms with van der Waals surface area (Å²) in [5.74, 6) is 0. The Balaban J connectivity index is 2.40. The lowest BCUT2D eigenvalue weighted by Gasteiger charge is -2.01. The minimum Gasteiger partial charge on any atom is -0.0837 e. The maximum absolute atomic E-state index is 5.76. The molecule has 0 saturated heterocycles. The van der Waals surface area contributed by atoms with E-state index in [0.717, 1.165) is 10.0 Å². The van der Waals surface area contributed by atoms with Crippen LogP contribution in [0.4, 0.5) is 0 Å². The first-order chi connectivity index (χ1) is 6.75. The highest BCUT2D eigenvalue weighted by Crippen LogP contribution is 2.22. The fourth-order valence-electron chi connectivity index (χ4n) is 1.23. The van der Waals surface area contributed by atoms with Crippen LogP contribution in [-0.4, -0.2) is 0 Å². The molecule has 0 spiro atoms. The zero-order chi connectivity index (χ0) is 9.97. The number of benzene rings is 2. The first kappa shape index (κ1) is 9.75. The van der Waals surface area contributed by atoms with Gasteiger partial charge in [-0.3, -0.25) is 0 Å². The maximum Gasteiger partial charge on any atom is 0.0485 e. The van der Waals surface area contributed by atoms with Crippen LogP contribution in [0.5, 0.6) is 0 Å². The van der Waals surface area contributed by atoms with Gasteiger partial charge in [0.1, 0.15) is 0 Å². The van der Waals surface area contributed by atoms with E-state index in [1.165, 1.54) is 5.56 Å². The van der Waals surface area contributed by atoms with E-state index in [1.807, 2.05) is 30.3 Å². The standard InChI is InChI=1S/C12H7BrCl/c13-11-5-1-9(2-6-11)10-3-7-12(14)8-4-10/h1-7H. The molecular weight excluding hydrogens is 259 g/mol. The van der Waals surface area contributed by atoms with Crippen molar-refractivity contribution in [2.75, 3.05) is 0 Å². The van der Waals surface area contributed by atoms with Crippen molar-refractivity contribution in [1.29, 1.82) is 0 Å². The summed E-state index contributed by atoms with van der Waals surface area (Å²) in [5, 5.41) is 0.644. The van der Waals surface area contributed by atoms with Gasteiger partial charge in [0.25, 0.3) is 0 Å². The van der Waals surface area contributed by atoms with E-state index in [-0.39, 0.29) is 0 Å². The van der Waals surface area contributed by atoms with Gasteiger partial charge < -0.3 is 0 Å². The van der Waals surface area contributed by atoms with Crippen LogP contribution in [0.1, 0.15) is 0 Å². The summed E-state index contributed by atoms with van der Waals surface area (Å²) in [6.07, 6.45) is 0. The van der Waals surface area contributed by atoms with E-state index >= 15 is 0 Å². The molecule has 2 heteroatoms. The smallest absolute Gasteiger partial charge is 0.0485 e. The molecule has 0 nitrogen and oxygen atoms in total. The van der Waals surface area contributed by atoms with Crippen molar-refractivity contribution in [3.05, 3.63) is 58.0 Å². The third kappa shape index (κ3) is 2.17. The van der Waals surface area contributed by atoms with Crippen LogP contribution >= 0.6 is 27.5 Å². The molecule has 1 radical (unpaired) electrons. The Labute approximate surface area is 96.7 Å². The molecular formula is C12H7BrCl. The van der Waals surface area contributed by atoms with Gasteiger partial charge in [-0.05, 0) is 35.4 Å². The van der Waals surface area contributed by atoms with Crippen molar-refractivity contribution in [1.82, 2.24) is 0 Å². The highest BCUT2D eigenvalue weighted by atomic mass is 79.9. The van der Waals surface area contributed by atoms with Crippen LogP contribution in [0, 0.1) is 6.07 Å². The molecule has 0 amide bonds. The summed E-state index contributed by atoms with van der Waals surface area (Å²) in [4.78, 5) is 0. The molecule has 0 bridgehead atoms. The molecule has 0 N–H and O–H groups in total. The molecule has 0 saturated carbocycles. The van der Waals surface area contributed by atoms with Crippen LogP contribution in [0.15, 0.2) is 46.9 Å². The first-order valence-corrected chi connectivity index (χ1v) is 5.36. The lowest BCUT2D eigenvalue weighted by Crippen LogP contribution is -1.76. The van der Waals surface area contributed by atoms with E-state index in [1.54, 1.807) is 0 Å². The van der Waals surface area contributed by atoms with Crippen molar-refractivity contribution in [2.24, 2.45) is 0 Å². The molecule has 14 heavy (non-hydrogen) atoms. The van der Waals surface area contributed by atoms with E-state index in [4.69, 9.17) is 11.6 Å². The summed E-state index contributed by atoms with van der Waals surface area (Å²) >= 11 is 9.16. The highest BCUT2D eigenvalue weighted by Gasteiger charge is 1.96. The third-order valence-electron chi connectivity index (χ3n) is 1.95. The van der Waals surface area contributed by atoms with Gasteiger partial charge in [-0.25, -0.2) is 0 Å². The molecule has 0 aromatic heterocycles. The van der Waals surface area contributed by atoms with Crippen molar-refractivity contribution in [3.63, 3.8) is 0 Å². The second-order valence-corrected chi connectivity index (χ2v) is 4.26. The number of hydrogen-bond acceptors (Lipinski definition) is 0. The third-order valence-corrected chi connectivity index (χ3v) is 2.72. The lowest BCUT2D eigenvalue weighted by atomic mass is 10.1. The molecule has 69 valence electrons. The number of rotatable bonds is 1. The molecule has 0 atom stereocenters. The topological polar surface area (TPSA) is 0 Å². The minimum atomic E-state index is 0.644. The molecule has 0 heterocycles. The Morgan fingerprint density at radius 1 is 0.929 bits per heavy atom. The monoisotopic (exact) mass is 265 g/mol. The number of hydrogen-bond donors (Lipinski definition) is 0. The lowest BCUT2D eigenvalue weighted by molar-refractivity contribution is 1.59. The maximum atomic E-state index is 5.76. The Morgan fingerprint density at radius 2 is 1.57 bits per heavy atom. The normalized spacial score (nSPS) is 10.1. The fraction of sp³-hybridized carbons (Fsp3) is 0. The highest BCUT2D eigenvalue weighted by molar-refractivity contribution is 9.10. The predicted octanol–water partition coefficient (Wildman–Crippen LogP) is 4.57. The Morgan fingerprint density at radius 3 is 2.14 bits per heavy atom. The molecule has 0 aliphatic rings. The Kier molecular flexibility index (Phi) is 2.90. The van der Waals surface area contributed by atoms with Gasteiger partial charge in [0, 0.05) is 15.6 Å². The van der Waals surface area contributed by atoms with Crippen LogP contribution in [0.25, 0.3) is 11.1 Å². The molecule has 2 aromatic rings. The summed E-state index contributed by atoms with van der Waals surface area (Å²) in [5.41, 5.74) is 2.29. The van der Waals surface area contributed by atoms with E-state index in [9.17, 15) is 0 Å². The van der Waals surface area contributed by atoms with Gasteiger partial charge in [-0.2, -0.15) is 0 Å². The second-order valence-electron chi connectivity index (χ2n) is 2.93. The van der Waals surface area contributed by atoms with Crippen LogP contribution in [0.3, 0.4) is 0 Å². The van der Waals surface area contributed by atoms with Crippen molar-refractivity contribution >= 4 is 27.5 Å². The molecule has 2 aromatic carbocycles. The average molecular weight is 267 g/mol. The van der Waals surface area contributed by atoms with E-state index < -0.39 is 0 Å². The van der Waals surface area contributed by atoms with Crippen LogP contribution in [0.2, 0.25) is 5.02 Å². The van der Waals surface area contributed by atoms with Gasteiger partial charge in [-0.15, -0.1) is 0 Å².